The highest BCUT2D eigenvalue weighted by molar-refractivity contribution is 5.86. The molecule has 2 aromatic carbocycles. The van der Waals surface area contributed by atoms with Crippen LogP contribution in [-0.4, -0.2) is 98.6 Å². The van der Waals surface area contributed by atoms with Gasteiger partial charge < -0.3 is 40.1 Å². The third-order valence-electron chi connectivity index (χ3n) is 9.73. The van der Waals surface area contributed by atoms with E-state index in [1.165, 1.54) is 14.2 Å². The van der Waals surface area contributed by atoms with Crippen molar-refractivity contribution in [2.45, 2.75) is 70.4 Å². The Balaban J connectivity index is 1.08. The minimum absolute atomic E-state index is 0.0997. The predicted molar refractivity (Wildman–Crippen MR) is 190 cm³/mol. The van der Waals surface area contributed by atoms with Crippen LogP contribution in [0.1, 0.15) is 57.2 Å². The number of aliphatic hydroxyl groups excluding tert-OH is 1. The number of ether oxygens (including phenoxy) is 2. The van der Waals surface area contributed by atoms with Crippen LogP contribution in [0, 0.1) is 5.92 Å². The number of H-pyrrole nitrogens is 2. The number of hydrogen-bond acceptors (Lipinski definition) is 9. The van der Waals surface area contributed by atoms with Crippen LogP contribution in [0.15, 0.2) is 60.9 Å². The molecule has 3 amide bonds. The molecule has 0 bridgehead atoms. The van der Waals surface area contributed by atoms with Gasteiger partial charge in [-0.15, -0.1) is 0 Å². The lowest BCUT2D eigenvalue weighted by molar-refractivity contribution is -0.135. The molecule has 4 atom stereocenters. The summed E-state index contributed by atoms with van der Waals surface area (Å²) in [6.45, 7) is 5.52. The van der Waals surface area contributed by atoms with Gasteiger partial charge in [0.05, 0.1) is 56.6 Å². The van der Waals surface area contributed by atoms with Crippen molar-refractivity contribution in [3.8, 4) is 33.6 Å². The molecule has 0 saturated carbocycles. The number of rotatable bonds is 10. The standard InChI is InChI=1S/C37H46N8O6/c1-22(2)32(43-37(49)51-4)35(47)45-18-6-8-30(45)33-39-20-29(41-33)26-15-11-24(12-16-26)23-9-13-25(14-10-23)28-19-38-31(40-28)21-44-17-5-7-27(34(44)46)42-36(48)50-3/h9-16,19-20,22,27,30,32,34,46H,5-8,17-18,21H2,1-4H3,(H,38,40)(H,39,41)(H,42,48)(H,43,49)/t27-,30-,32-,34?/m0/s1. The van der Waals surface area contributed by atoms with Crippen LogP contribution < -0.4 is 10.6 Å². The van der Waals surface area contributed by atoms with Crippen LogP contribution in [-0.2, 0) is 20.8 Å². The van der Waals surface area contributed by atoms with Crippen molar-refractivity contribution < 1.29 is 29.0 Å². The van der Waals surface area contributed by atoms with Gasteiger partial charge in [-0.2, -0.15) is 0 Å². The summed E-state index contributed by atoms with van der Waals surface area (Å²) in [6.07, 6.45) is 4.74. The smallest absolute Gasteiger partial charge is 0.407 e. The molecule has 14 heteroatoms. The number of carbonyl (C=O) groups excluding carboxylic acids is 3. The number of carbonyl (C=O) groups is 3. The maximum atomic E-state index is 13.5. The Morgan fingerprint density at radius 3 is 2.06 bits per heavy atom. The van der Waals surface area contributed by atoms with Crippen LogP contribution in [0.25, 0.3) is 33.6 Å². The lowest BCUT2D eigenvalue weighted by Gasteiger charge is -2.37. The molecule has 0 aliphatic carbocycles. The number of nitrogens with zero attached hydrogens (tertiary/aromatic N) is 4. The number of likely N-dealkylation sites (tertiary alicyclic amines) is 2. The number of piperidine rings is 1. The third-order valence-corrected chi connectivity index (χ3v) is 9.73. The molecule has 0 radical (unpaired) electrons. The zero-order chi connectivity index (χ0) is 36.1. The van der Waals surface area contributed by atoms with Gasteiger partial charge in [0.15, 0.2) is 0 Å². The predicted octanol–water partition coefficient (Wildman–Crippen LogP) is 4.82. The summed E-state index contributed by atoms with van der Waals surface area (Å²) in [4.78, 5) is 56.8. The Labute approximate surface area is 297 Å². The Morgan fingerprint density at radius 2 is 1.43 bits per heavy atom. The zero-order valence-corrected chi connectivity index (χ0v) is 29.4. The van der Waals surface area contributed by atoms with E-state index in [9.17, 15) is 19.5 Å². The van der Waals surface area contributed by atoms with Crippen LogP contribution in [0.5, 0.6) is 0 Å². The number of methoxy groups -OCH3 is 2. The minimum Gasteiger partial charge on any atom is -0.453 e. The SMILES string of the molecule is COC(=O)N[C@H]1CCCN(Cc2ncc(-c3ccc(-c4ccc(-c5cnc([C@@H]6CCCN6C(=O)[C@@H](NC(=O)OC)C(C)C)[nH]5)cc4)cc3)[nH]2)C1O. The van der Waals surface area contributed by atoms with Crippen molar-refractivity contribution in [3.63, 3.8) is 0 Å². The van der Waals surface area contributed by atoms with E-state index in [4.69, 9.17) is 9.47 Å². The summed E-state index contributed by atoms with van der Waals surface area (Å²) < 4.78 is 9.43. The second-order valence-electron chi connectivity index (χ2n) is 13.4. The average Bonchev–Trinajstić information content (AvgIpc) is 3.94. The fourth-order valence-electron chi connectivity index (χ4n) is 6.89. The van der Waals surface area contributed by atoms with E-state index < -0.39 is 30.5 Å². The monoisotopic (exact) mass is 698 g/mol. The number of hydrogen-bond donors (Lipinski definition) is 5. The van der Waals surface area contributed by atoms with Gasteiger partial charge in [-0.25, -0.2) is 19.6 Å². The second-order valence-corrected chi connectivity index (χ2v) is 13.4. The third kappa shape index (κ3) is 8.07. The van der Waals surface area contributed by atoms with Crippen molar-refractivity contribution >= 4 is 18.1 Å². The van der Waals surface area contributed by atoms with Gasteiger partial charge in [0.25, 0.3) is 0 Å². The van der Waals surface area contributed by atoms with Gasteiger partial charge in [-0.1, -0.05) is 62.4 Å². The number of amides is 3. The number of aromatic amines is 2. The molecule has 6 rings (SSSR count). The van der Waals surface area contributed by atoms with Crippen molar-refractivity contribution in [2.75, 3.05) is 27.3 Å². The molecule has 0 spiro atoms. The normalized spacial score (nSPS) is 19.9. The highest BCUT2D eigenvalue weighted by Crippen LogP contribution is 2.33. The van der Waals surface area contributed by atoms with E-state index in [1.807, 2.05) is 30.9 Å². The molecular weight excluding hydrogens is 652 g/mol. The highest BCUT2D eigenvalue weighted by Gasteiger charge is 2.37. The number of alkyl carbamates (subject to hydrolysis) is 2. The zero-order valence-electron chi connectivity index (χ0n) is 29.4. The van der Waals surface area contributed by atoms with Gasteiger partial charge in [0.1, 0.15) is 23.9 Å². The quantitative estimate of drug-likeness (QED) is 0.155. The van der Waals surface area contributed by atoms with E-state index in [-0.39, 0.29) is 17.9 Å². The molecule has 1 unspecified atom stereocenters. The molecule has 51 heavy (non-hydrogen) atoms. The fourth-order valence-corrected chi connectivity index (χ4v) is 6.89. The summed E-state index contributed by atoms with van der Waals surface area (Å²) in [5.74, 6) is 1.22. The average molecular weight is 699 g/mol. The number of nitrogens with one attached hydrogen (secondary N) is 4. The Bertz CT molecular complexity index is 1800. The molecule has 270 valence electrons. The lowest BCUT2D eigenvalue weighted by atomic mass is 10.0. The van der Waals surface area contributed by atoms with Crippen molar-refractivity contribution in [1.82, 2.24) is 40.4 Å². The minimum atomic E-state index is -0.832. The highest BCUT2D eigenvalue weighted by atomic mass is 16.5. The lowest BCUT2D eigenvalue weighted by Crippen LogP contribution is -2.55. The molecular formula is C37H46N8O6. The maximum Gasteiger partial charge on any atom is 0.407 e. The Morgan fingerprint density at radius 1 is 0.843 bits per heavy atom. The van der Waals surface area contributed by atoms with Crippen LogP contribution in [0.2, 0.25) is 0 Å². The first-order valence-corrected chi connectivity index (χ1v) is 17.4. The molecule has 14 nitrogen and oxygen atoms in total. The maximum absolute atomic E-state index is 13.5. The molecule has 4 aromatic rings. The van der Waals surface area contributed by atoms with Gasteiger partial charge in [-0.3, -0.25) is 9.69 Å². The van der Waals surface area contributed by atoms with E-state index in [1.54, 1.807) is 17.3 Å². The number of imidazole rings is 2. The Kier molecular flexibility index (Phi) is 11.0. The van der Waals surface area contributed by atoms with Gasteiger partial charge in [-0.05, 0) is 53.9 Å². The molecule has 2 saturated heterocycles. The molecule has 2 aliphatic heterocycles. The first kappa shape index (κ1) is 35.6. The molecule has 2 aromatic heterocycles. The second kappa shape index (κ2) is 15.8. The van der Waals surface area contributed by atoms with E-state index in [0.29, 0.717) is 26.1 Å². The van der Waals surface area contributed by atoms with Gasteiger partial charge in [0.2, 0.25) is 5.91 Å². The molecule has 2 fully saturated rings. The first-order chi connectivity index (χ1) is 24.6. The molecule has 5 N–H and O–H groups in total. The van der Waals surface area contributed by atoms with E-state index in [0.717, 1.165) is 64.6 Å². The topological polar surface area (TPSA) is 178 Å². The molecule has 2 aliphatic rings. The van der Waals surface area contributed by atoms with Crippen LogP contribution in [0.3, 0.4) is 0 Å². The van der Waals surface area contributed by atoms with Crippen molar-refractivity contribution in [3.05, 3.63) is 72.6 Å². The van der Waals surface area contributed by atoms with E-state index >= 15 is 0 Å². The largest absolute Gasteiger partial charge is 0.453 e. The van der Waals surface area contributed by atoms with Crippen molar-refractivity contribution in [2.24, 2.45) is 5.92 Å². The summed E-state index contributed by atoms with van der Waals surface area (Å²) in [5.41, 5.74) is 5.84. The van der Waals surface area contributed by atoms with Crippen LogP contribution in [0.4, 0.5) is 9.59 Å². The van der Waals surface area contributed by atoms with Gasteiger partial charge in [0, 0.05) is 13.1 Å². The van der Waals surface area contributed by atoms with Crippen molar-refractivity contribution in [1.29, 1.82) is 0 Å². The fraction of sp³-hybridized carbons (Fsp3) is 0.432. The number of aliphatic hydroxyl groups is 1. The molecule has 4 heterocycles. The number of benzene rings is 2. The Hall–Kier alpha value is -5.21. The van der Waals surface area contributed by atoms with Crippen LogP contribution >= 0.6 is 0 Å². The van der Waals surface area contributed by atoms with E-state index in [2.05, 4.69) is 67.0 Å². The van der Waals surface area contributed by atoms with Gasteiger partial charge >= 0.3 is 12.2 Å². The summed E-state index contributed by atoms with van der Waals surface area (Å²) in [7, 11) is 2.60. The summed E-state index contributed by atoms with van der Waals surface area (Å²) >= 11 is 0. The summed E-state index contributed by atoms with van der Waals surface area (Å²) in [6, 6.07) is 15.2. The summed E-state index contributed by atoms with van der Waals surface area (Å²) in [5, 5.41) is 16.2. The first-order valence-electron chi connectivity index (χ1n) is 17.4. The number of aromatic nitrogens is 4.